The van der Waals surface area contributed by atoms with Crippen molar-refractivity contribution in [2.75, 3.05) is 36.9 Å². The van der Waals surface area contributed by atoms with Crippen LogP contribution in [0, 0.1) is 12.3 Å². The Morgan fingerprint density at radius 3 is 2.70 bits per heavy atom. The van der Waals surface area contributed by atoms with E-state index >= 15 is 0 Å². The summed E-state index contributed by atoms with van der Waals surface area (Å²) in [5.41, 5.74) is 6.71. The van der Waals surface area contributed by atoms with Crippen LogP contribution in [0.15, 0.2) is 54.9 Å². The Labute approximate surface area is 235 Å². The van der Waals surface area contributed by atoms with Crippen LogP contribution in [0.1, 0.15) is 59.8 Å². The van der Waals surface area contributed by atoms with Gasteiger partial charge in [-0.3, -0.25) is 14.4 Å². The van der Waals surface area contributed by atoms with E-state index in [1.807, 2.05) is 54.2 Å². The first-order valence-corrected chi connectivity index (χ1v) is 14.2. The number of carbonyl (C=O) groups is 1. The minimum Gasteiger partial charge on any atom is -0.380 e. The van der Waals surface area contributed by atoms with Crippen molar-refractivity contribution >= 4 is 28.6 Å². The molecule has 1 amide bonds. The number of ether oxygens (including phenoxy) is 1. The van der Waals surface area contributed by atoms with Crippen LogP contribution >= 0.6 is 0 Å². The minimum atomic E-state index is -0.111. The molecular weight excluding hydrogens is 502 g/mol. The van der Waals surface area contributed by atoms with E-state index in [1.165, 1.54) is 18.4 Å². The second kappa shape index (κ2) is 11.0. The molecule has 2 N–H and O–H groups in total. The van der Waals surface area contributed by atoms with Crippen LogP contribution in [0.4, 0.5) is 11.5 Å². The van der Waals surface area contributed by atoms with Gasteiger partial charge in [0.2, 0.25) is 5.65 Å². The Bertz CT molecular complexity index is 1520. The third kappa shape index (κ3) is 5.57. The fourth-order valence-electron chi connectivity index (χ4n) is 5.59. The fraction of sp³-hybridized carbons (Fsp3) is 0.419. The van der Waals surface area contributed by atoms with Gasteiger partial charge >= 0.3 is 0 Å². The first-order valence-electron chi connectivity index (χ1n) is 14.2. The van der Waals surface area contributed by atoms with Crippen LogP contribution in [0.2, 0.25) is 0 Å². The van der Waals surface area contributed by atoms with Crippen molar-refractivity contribution in [3.63, 3.8) is 0 Å². The zero-order valence-electron chi connectivity index (χ0n) is 23.5. The SMILES string of the molecule is CCn1cc2ncc(N[C@@H](C)c3cccc(NC(=O)c4ccc(CN5CCC6(CC5)COC6)c(C)c4)c3)nc2n1. The lowest BCUT2D eigenvalue weighted by atomic mass is 9.77. The van der Waals surface area contributed by atoms with Gasteiger partial charge in [0.1, 0.15) is 11.3 Å². The molecule has 9 nitrogen and oxygen atoms in total. The molecule has 208 valence electrons. The summed E-state index contributed by atoms with van der Waals surface area (Å²) in [6, 6.07) is 13.9. The molecule has 0 saturated carbocycles. The molecule has 0 aliphatic carbocycles. The number of nitrogens with zero attached hydrogens (tertiary/aromatic N) is 5. The Morgan fingerprint density at radius 1 is 1.15 bits per heavy atom. The van der Waals surface area contributed by atoms with Crippen molar-refractivity contribution in [3.05, 3.63) is 77.1 Å². The quantitative estimate of drug-likeness (QED) is 0.318. The Kier molecular flexibility index (Phi) is 7.25. The Balaban J connectivity index is 1.07. The van der Waals surface area contributed by atoms with Crippen LogP contribution in [0.25, 0.3) is 11.2 Å². The van der Waals surface area contributed by atoms with Crippen molar-refractivity contribution in [1.29, 1.82) is 0 Å². The van der Waals surface area contributed by atoms with Gasteiger partial charge in [-0.2, -0.15) is 5.10 Å². The summed E-state index contributed by atoms with van der Waals surface area (Å²) in [4.78, 5) is 24.7. The molecule has 2 aromatic carbocycles. The predicted molar refractivity (Wildman–Crippen MR) is 156 cm³/mol. The first-order chi connectivity index (χ1) is 19.4. The zero-order chi connectivity index (χ0) is 27.7. The monoisotopic (exact) mass is 539 g/mol. The largest absolute Gasteiger partial charge is 0.380 e. The molecule has 40 heavy (non-hydrogen) atoms. The van der Waals surface area contributed by atoms with Gasteiger partial charge in [-0.05, 0) is 87.7 Å². The van der Waals surface area contributed by atoms with E-state index in [9.17, 15) is 4.79 Å². The van der Waals surface area contributed by atoms with Crippen LogP contribution < -0.4 is 10.6 Å². The molecule has 2 saturated heterocycles. The van der Waals surface area contributed by atoms with Gasteiger partial charge in [-0.25, -0.2) is 9.97 Å². The standard InChI is InChI=1S/C31H37N7O2/c1-4-38-18-27-29(36-38)35-28(16-32-27)33-22(3)23-6-5-7-26(15-23)34-30(39)24-8-9-25(21(2)14-24)17-37-12-10-31(11-13-37)19-40-20-31/h5-9,14-16,18,22H,4,10-13,17,19-20H2,1-3H3,(H,34,39)(H,33,35,36)/t22-/m0/s1. The normalized spacial score (nSPS) is 17.5. The third-order valence-corrected chi connectivity index (χ3v) is 8.34. The van der Waals surface area contributed by atoms with Gasteiger partial charge in [-0.15, -0.1) is 0 Å². The van der Waals surface area contributed by atoms with Gasteiger partial charge in [-0.1, -0.05) is 18.2 Å². The molecule has 4 aromatic rings. The number of amides is 1. The second-order valence-corrected chi connectivity index (χ2v) is 11.3. The number of hydrogen-bond acceptors (Lipinski definition) is 7. The average molecular weight is 540 g/mol. The van der Waals surface area contributed by atoms with E-state index < -0.39 is 0 Å². The number of aryl methyl sites for hydroxylation is 2. The topological polar surface area (TPSA) is 97.2 Å². The van der Waals surface area contributed by atoms with E-state index in [-0.39, 0.29) is 11.9 Å². The maximum Gasteiger partial charge on any atom is 0.255 e. The first kappa shape index (κ1) is 26.4. The highest BCUT2D eigenvalue weighted by molar-refractivity contribution is 6.04. The predicted octanol–water partition coefficient (Wildman–Crippen LogP) is 5.19. The lowest BCUT2D eigenvalue weighted by molar-refractivity contribution is -0.140. The number of benzene rings is 2. The number of nitrogens with one attached hydrogen (secondary N) is 2. The summed E-state index contributed by atoms with van der Waals surface area (Å²) in [5.74, 6) is 0.549. The smallest absolute Gasteiger partial charge is 0.255 e. The van der Waals surface area contributed by atoms with Crippen molar-refractivity contribution in [2.45, 2.75) is 52.7 Å². The lowest BCUT2D eigenvalue weighted by Gasteiger charge is -2.47. The molecule has 4 heterocycles. The third-order valence-electron chi connectivity index (χ3n) is 8.34. The van der Waals surface area contributed by atoms with Crippen LogP contribution in [-0.4, -0.2) is 56.9 Å². The van der Waals surface area contributed by atoms with E-state index in [4.69, 9.17) is 4.74 Å². The number of fused-ring (bicyclic) bond motifs is 1. The van der Waals surface area contributed by atoms with E-state index in [1.54, 1.807) is 6.20 Å². The number of rotatable bonds is 8. The molecule has 0 bridgehead atoms. The molecule has 2 aliphatic heterocycles. The van der Waals surface area contributed by atoms with Crippen molar-refractivity contribution in [1.82, 2.24) is 24.6 Å². The van der Waals surface area contributed by atoms with Crippen molar-refractivity contribution in [2.24, 2.45) is 5.41 Å². The highest BCUT2D eigenvalue weighted by atomic mass is 16.5. The maximum absolute atomic E-state index is 13.1. The molecule has 2 fully saturated rings. The van der Waals surface area contributed by atoms with E-state index in [0.29, 0.717) is 22.4 Å². The van der Waals surface area contributed by atoms with Gasteiger partial charge in [0.05, 0.1) is 31.6 Å². The molecule has 1 atom stereocenters. The average Bonchev–Trinajstić information content (AvgIpc) is 3.36. The second-order valence-electron chi connectivity index (χ2n) is 11.3. The molecule has 2 aromatic heterocycles. The lowest BCUT2D eigenvalue weighted by Crippen LogP contribution is -2.50. The number of piperidine rings is 1. The molecular formula is C31H37N7O2. The summed E-state index contributed by atoms with van der Waals surface area (Å²) in [7, 11) is 0. The number of hydrogen-bond donors (Lipinski definition) is 2. The molecule has 2 aliphatic rings. The van der Waals surface area contributed by atoms with Crippen LogP contribution in [0.3, 0.4) is 0 Å². The Morgan fingerprint density at radius 2 is 1.98 bits per heavy atom. The number of anilines is 2. The maximum atomic E-state index is 13.1. The Hall–Kier alpha value is -3.82. The van der Waals surface area contributed by atoms with Crippen LogP contribution in [-0.2, 0) is 17.8 Å². The highest BCUT2D eigenvalue weighted by Gasteiger charge is 2.41. The van der Waals surface area contributed by atoms with Gasteiger partial charge in [0.15, 0.2) is 0 Å². The number of aromatic nitrogens is 4. The van der Waals surface area contributed by atoms with Gasteiger partial charge < -0.3 is 15.4 Å². The zero-order valence-corrected chi connectivity index (χ0v) is 23.5. The van der Waals surface area contributed by atoms with Crippen molar-refractivity contribution in [3.8, 4) is 0 Å². The van der Waals surface area contributed by atoms with E-state index in [0.717, 1.165) is 61.7 Å². The van der Waals surface area contributed by atoms with Crippen LogP contribution in [0.5, 0.6) is 0 Å². The number of likely N-dealkylation sites (tertiary alicyclic amines) is 1. The van der Waals surface area contributed by atoms with E-state index in [2.05, 4.69) is 50.5 Å². The molecule has 6 rings (SSSR count). The minimum absolute atomic E-state index is 0.0418. The summed E-state index contributed by atoms with van der Waals surface area (Å²) < 4.78 is 7.29. The summed E-state index contributed by atoms with van der Waals surface area (Å²) in [6.45, 7) is 12.0. The van der Waals surface area contributed by atoms with Crippen molar-refractivity contribution < 1.29 is 9.53 Å². The number of carbonyl (C=O) groups excluding carboxylic acids is 1. The summed E-state index contributed by atoms with van der Waals surface area (Å²) >= 11 is 0. The summed E-state index contributed by atoms with van der Waals surface area (Å²) in [6.07, 6.45) is 6.05. The molecule has 0 radical (unpaired) electrons. The molecule has 1 spiro atoms. The van der Waals surface area contributed by atoms with Gasteiger partial charge in [0.25, 0.3) is 5.91 Å². The highest BCUT2D eigenvalue weighted by Crippen LogP contribution is 2.38. The summed E-state index contributed by atoms with van der Waals surface area (Å²) in [5, 5.41) is 10.9. The molecule has 9 heteroatoms. The van der Waals surface area contributed by atoms with Gasteiger partial charge in [0, 0.05) is 29.8 Å². The molecule has 0 unspecified atom stereocenters. The fourth-order valence-corrected chi connectivity index (χ4v) is 5.59.